The highest BCUT2D eigenvalue weighted by atomic mass is 32.1. The van der Waals surface area contributed by atoms with Crippen molar-refractivity contribution in [3.8, 4) is 0 Å². The number of nitrogens with one attached hydrogen (secondary N) is 1. The molecule has 18 heavy (non-hydrogen) atoms. The molecule has 1 aromatic heterocycles. The second-order valence-electron chi connectivity index (χ2n) is 4.02. The smallest absolute Gasteiger partial charge is 0.349 e. The van der Waals surface area contributed by atoms with Gasteiger partial charge in [0.05, 0.1) is 13.3 Å². The van der Waals surface area contributed by atoms with Gasteiger partial charge in [0, 0.05) is 5.69 Å². The Balaban J connectivity index is 2.18. The third kappa shape index (κ3) is 2.87. The number of hydrogen-bond donors (Lipinski definition) is 1. The molecule has 1 heterocycles. The molecule has 1 aromatic carbocycles. The zero-order chi connectivity index (χ0) is 13.1. The van der Waals surface area contributed by atoms with Gasteiger partial charge in [-0.3, -0.25) is 0 Å². The molecular weight excluding hydrogens is 248 g/mol. The molecule has 0 bridgehead atoms. The molecular formula is C13H14N2O2S. The minimum Gasteiger partial charge on any atom is -0.465 e. The maximum absolute atomic E-state index is 11.3. The Bertz CT molecular complexity index is 558. The van der Waals surface area contributed by atoms with Crippen LogP contribution in [0.5, 0.6) is 0 Å². The first-order valence-corrected chi connectivity index (χ1v) is 6.29. The van der Waals surface area contributed by atoms with E-state index in [9.17, 15) is 4.79 Å². The van der Waals surface area contributed by atoms with Crippen LogP contribution in [0.15, 0.2) is 24.4 Å². The van der Waals surface area contributed by atoms with Crippen LogP contribution in [-0.4, -0.2) is 18.1 Å². The Kier molecular flexibility index (Phi) is 3.62. The lowest BCUT2D eigenvalue weighted by Gasteiger charge is -2.05. The molecule has 1 N–H and O–H groups in total. The predicted molar refractivity (Wildman–Crippen MR) is 72.7 cm³/mol. The molecule has 0 saturated carbocycles. The van der Waals surface area contributed by atoms with E-state index in [1.54, 1.807) is 0 Å². The van der Waals surface area contributed by atoms with Gasteiger partial charge in [-0.05, 0) is 37.1 Å². The van der Waals surface area contributed by atoms with E-state index < -0.39 is 0 Å². The molecule has 0 fully saturated rings. The molecule has 0 aliphatic heterocycles. The van der Waals surface area contributed by atoms with Crippen molar-refractivity contribution < 1.29 is 9.53 Å². The molecule has 0 aliphatic carbocycles. The van der Waals surface area contributed by atoms with Gasteiger partial charge in [0.25, 0.3) is 0 Å². The van der Waals surface area contributed by atoms with Gasteiger partial charge in [0.2, 0.25) is 0 Å². The van der Waals surface area contributed by atoms with Gasteiger partial charge in [0.1, 0.15) is 4.88 Å². The fourth-order valence-corrected chi connectivity index (χ4v) is 2.45. The summed E-state index contributed by atoms with van der Waals surface area (Å²) in [5.41, 5.74) is 3.34. The van der Waals surface area contributed by atoms with Crippen molar-refractivity contribution in [3.05, 3.63) is 40.4 Å². The summed E-state index contributed by atoms with van der Waals surface area (Å²) >= 11 is 1.28. The number of thiazole rings is 1. The highest BCUT2D eigenvalue weighted by Crippen LogP contribution is 2.24. The Morgan fingerprint density at radius 3 is 2.56 bits per heavy atom. The summed E-state index contributed by atoms with van der Waals surface area (Å²) in [6.45, 7) is 4.08. The van der Waals surface area contributed by atoms with E-state index in [2.05, 4.69) is 21.1 Å². The number of rotatable bonds is 3. The average molecular weight is 262 g/mol. The van der Waals surface area contributed by atoms with Crippen LogP contribution in [-0.2, 0) is 4.74 Å². The second-order valence-corrected chi connectivity index (χ2v) is 5.05. The van der Waals surface area contributed by atoms with Crippen LogP contribution in [0, 0.1) is 13.8 Å². The molecule has 0 unspecified atom stereocenters. The van der Waals surface area contributed by atoms with Gasteiger partial charge in [-0.25, -0.2) is 9.78 Å². The number of ether oxygens (including phenoxy) is 1. The number of nitrogens with zero attached hydrogens (tertiary/aromatic N) is 1. The van der Waals surface area contributed by atoms with E-state index in [1.165, 1.54) is 35.8 Å². The zero-order valence-electron chi connectivity index (χ0n) is 10.5. The van der Waals surface area contributed by atoms with Crippen LogP contribution in [0.2, 0.25) is 0 Å². The third-order valence-electron chi connectivity index (χ3n) is 2.37. The van der Waals surface area contributed by atoms with Crippen molar-refractivity contribution in [1.82, 2.24) is 4.98 Å². The number of esters is 1. The SMILES string of the molecule is COC(=O)c1cnc(Nc2cc(C)cc(C)c2)s1. The summed E-state index contributed by atoms with van der Waals surface area (Å²) in [5, 5.41) is 3.87. The van der Waals surface area contributed by atoms with Gasteiger partial charge in [-0.1, -0.05) is 17.4 Å². The summed E-state index contributed by atoms with van der Waals surface area (Å²) in [6, 6.07) is 6.17. The van der Waals surface area contributed by atoms with Crippen LogP contribution in [0.25, 0.3) is 0 Å². The van der Waals surface area contributed by atoms with Gasteiger partial charge in [-0.15, -0.1) is 0 Å². The molecule has 5 heteroatoms. The third-order valence-corrected chi connectivity index (χ3v) is 3.26. The maximum atomic E-state index is 11.3. The number of aryl methyl sites for hydroxylation is 2. The van der Waals surface area contributed by atoms with Crippen LogP contribution < -0.4 is 5.32 Å². The van der Waals surface area contributed by atoms with Crippen molar-refractivity contribution in [3.63, 3.8) is 0 Å². The number of aromatic nitrogens is 1. The molecule has 4 nitrogen and oxygen atoms in total. The standard InChI is InChI=1S/C13H14N2O2S/c1-8-4-9(2)6-10(5-8)15-13-14-7-11(18-13)12(16)17-3/h4-7H,1-3H3,(H,14,15). The zero-order valence-corrected chi connectivity index (χ0v) is 11.3. The predicted octanol–water partition coefficient (Wildman–Crippen LogP) is 3.29. The van der Waals surface area contributed by atoms with E-state index in [0.717, 1.165) is 5.69 Å². The largest absolute Gasteiger partial charge is 0.465 e. The number of benzene rings is 1. The van der Waals surface area contributed by atoms with E-state index in [1.807, 2.05) is 26.0 Å². The first-order valence-electron chi connectivity index (χ1n) is 5.48. The molecule has 2 rings (SSSR count). The molecule has 0 radical (unpaired) electrons. The summed E-state index contributed by atoms with van der Waals surface area (Å²) in [6.07, 6.45) is 1.52. The Morgan fingerprint density at radius 1 is 1.28 bits per heavy atom. The first kappa shape index (κ1) is 12.6. The number of carbonyl (C=O) groups excluding carboxylic acids is 1. The highest BCUT2D eigenvalue weighted by molar-refractivity contribution is 7.17. The number of hydrogen-bond acceptors (Lipinski definition) is 5. The van der Waals surface area contributed by atoms with Crippen molar-refractivity contribution in [1.29, 1.82) is 0 Å². The number of methoxy groups -OCH3 is 1. The van der Waals surface area contributed by atoms with Crippen molar-refractivity contribution >= 4 is 28.1 Å². The monoisotopic (exact) mass is 262 g/mol. The summed E-state index contributed by atoms with van der Waals surface area (Å²) < 4.78 is 4.64. The summed E-state index contributed by atoms with van der Waals surface area (Å²) in [7, 11) is 1.36. The minimum absolute atomic E-state index is 0.360. The highest BCUT2D eigenvalue weighted by Gasteiger charge is 2.10. The Labute approximate surface area is 110 Å². The topological polar surface area (TPSA) is 51.2 Å². The molecule has 0 amide bonds. The van der Waals surface area contributed by atoms with E-state index in [4.69, 9.17) is 0 Å². The van der Waals surface area contributed by atoms with Gasteiger partial charge >= 0.3 is 5.97 Å². The molecule has 2 aromatic rings. The molecule has 0 atom stereocenters. The van der Waals surface area contributed by atoms with Crippen LogP contribution in [0.3, 0.4) is 0 Å². The van der Waals surface area contributed by atoms with Crippen molar-refractivity contribution in [2.45, 2.75) is 13.8 Å². The van der Waals surface area contributed by atoms with Crippen LogP contribution in [0.4, 0.5) is 10.8 Å². The lowest BCUT2D eigenvalue weighted by atomic mass is 10.1. The molecule has 94 valence electrons. The Hall–Kier alpha value is -1.88. The quantitative estimate of drug-likeness (QED) is 0.862. The molecule has 0 spiro atoms. The lowest BCUT2D eigenvalue weighted by molar-refractivity contribution is 0.0606. The van der Waals surface area contributed by atoms with Crippen LogP contribution >= 0.6 is 11.3 Å². The van der Waals surface area contributed by atoms with Crippen molar-refractivity contribution in [2.24, 2.45) is 0 Å². The summed E-state index contributed by atoms with van der Waals surface area (Å²) in [5.74, 6) is -0.360. The minimum atomic E-state index is -0.360. The van der Waals surface area contributed by atoms with Crippen LogP contribution in [0.1, 0.15) is 20.8 Å². The van der Waals surface area contributed by atoms with Crippen molar-refractivity contribution in [2.75, 3.05) is 12.4 Å². The Morgan fingerprint density at radius 2 is 1.94 bits per heavy atom. The van der Waals surface area contributed by atoms with E-state index >= 15 is 0 Å². The van der Waals surface area contributed by atoms with E-state index in [0.29, 0.717) is 10.0 Å². The fourth-order valence-electron chi connectivity index (χ4n) is 1.70. The summed E-state index contributed by atoms with van der Waals surface area (Å²) in [4.78, 5) is 15.9. The maximum Gasteiger partial charge on any atom is 0.349 e. The first-order chi connectivity index (χ1) is 8.58. The number of carbonyl (C=O) groups is 1. The van der Waals surface area contributed by atoms with Gasteiger partial charge in [0.15, 0.2) is 5.13 Å². The number of anilines is 2. The molecule has 0 aliphatic rings. The normalized spacial score (nSPS) is 10.2. The lowest BCUT2D eigenvalue weighted by Crippen LogP contribution is -1.96. The molecule has 0 saturated heterocycles. The second kappa shape index (κ2) is 5.18. The fraction of sp³-hybridized carbons (Fsp3) is 0.231. The van der Waals surface area contributed by atoms with Gasteiger partial charge in [-0.2, -0.15) is 0 Å². The van der Waals surface area contributed by atoms with Gasteiger partial charge < -0.3 is 10.1 Å². The van der Waals surface area contributed by atoms with E-state index in [-0.39, 0.29) is 5.97 Å². The average Bonchev–Trinajstić information content (AvgIpc) is 2.75.